The lowest BCUT2D eigenvalue weighted by molar-refractivity contribution is -0.134. The molecule has 0 bridgehead atoms. The van der Waals surface area contributed by atoms with Gasteiger partial charge in [0.25, 0.3) is 0 Å². The van der Waals surface area contributed by atoms with E-state index in [0.29, 0.717) is 5.91 Å². The highest BCUT2D eigenvalue weighted by Gasteiger charge is 2.37. The van der Waals surface area contributed by atoms with E-state index in [1.165, 1.54) is 0 Å². The van der Waals surface area contributed by atoms with Crippen molar-refractivity contribution in [3.05, 3.63) is 36.5 Å². The minimum atomic E-state index is 0.118. The molecular weight excluding hydrogens is 390 g/mol. The van der Waals surface area contributed by atoms with Crippen molar-refractivity contribution in [2.24, 2.45) is 5.92 Å². The van der Waals surface area contributed by atoms with Gasteiger partial charge in [-0.15, -0.1) is 0 Å². The van der Waals surface area contributed by atoms with Crippen LogP contribution in [0.5, 0.6) is 5.75 Å². The van der Waals surface area contributed by atoms with Crippen molar-refractivity contribution < 1.29 is 9.53 Å². The number of hydrogen-bond acceptors (Lipinski definition) is 5. The van der Waals surface area contributed by atoms with E-state index < -0.39 is 0 Å². The van der Waals surface area contributed by atoms with Crippen molar-refractivity contribution in [2.45, 2.75) is 45.8 Å². The molecule has 0 spiro atoms. The summed E-state index contributed by atoms with van der Waals surface area (Å²) in [5.74, 6) is 2.36. The fraction of sp³-hybridized carbons (Fsp3) is 0.458. The third-order valence-corrected chi connectivity index (χ3v) is 6.09. The Morgan fingerprint density at radius 1 is 1.19 bits per heavy atom. The topological polar surface area (TPSA) is 74.3 Å². The molecule has 5 rings (SSSR count). The second kappa shape index (κ2) is 7.87. The van der Waals surface area contributed by atoms with E-state index in [1.54, 1.807) is 0 Å². The third kappa shape index (κ3) is 3.96. The molecule has 1 saturated heterocycles. The molecule has 7 nitrogen and oxygen atoms in total. The summed E-state index contributed by atoms with van der Waals surface area (Å²) in [4.78, 5) is 21.5. The van der Waals surface area contributed by atoms with Crippen molar-refractivity contribution in [3.63, 3.8) is 0 Å². The van der Waals surface area contributed by atoms with Crippen LogP contribution in [0, 0.1) is 5.92 Å². The molecule has 2 aliphatic rings. The number of carbonyl (C=O) groups excluding carboxylic acids is 1. The maximum absolute atomic E-state index is 12.5. The third-order valence-electron chi connectivity index (χ3n) is 6.09. The summed E-state index contributed by atoms with van der Waals surface area (Å²) in [6.45, 7) is 8.52. The first-order valence-electron chi connectivity index (χ1n) is 11.2. The monoisotopic (exact) mass is 419 g/mol. The van der Waals surface area contributed by atoms with Crippen molar-refractivity contribution >= 4 is 22.6 Å². The zero-order valence-corrected chi connectivity index (χ0v) is 18.3. The van der Waals surface area contributed by atoms with Gasteiger partial charge >= 0.3 is 0 Å². The second-order valence-corrected chi connectivity index (χ2v) is 8.95. The van der Waals surface area contributed by atoms with E-state index in [4.69, 9.17) is 4.74 Å². The first kappa shape index (κ1) is 19.8. The SMILES string of the molecule is CC(C)Oc1ccc2[nH]nc(-c3ccnc(N4CCN(C(=O)C5CC5)C(C)C4)c3)c2c1. The Kier molecular flexibility index (Phi) is 5.04. The summed E-state index contributed by atoms with van der Waals surface area (Å²) >= 11 is 0. The number of nitrogens with zero attached hydrogens (tertiary/aromatic N) is 4. The number of nitrogens with one attached hydrogen (secondary N) is 1. The predicted molar refractivity (Wildman–Crippen MR) is 121 cm³/mol. The molecule has 1 aromatic carbocycles. The highest BCUT2D eigenvalue weighted by atomic mass is 16.5. The van der Waals surface area contributed by atoms with Gasteiger partial charge in [0.2, 0.25) is 5.91 Å². The Bertz CT molecular complexity index is 1100. The minimum Gasteiger partial charge on any atom is -0.491 e. The molecule has 1 aliphatic heterocycles. The fourth-order valence-electron chi connectivity index (χ4n) is 4.36. The Morgan fingerprint density at radius 3 is 2.77 bits per heavy atom. The molecular formula is C24H29N5O2. The van der Waals surface area contributed by atoms with Gasteiger partial charge in [-0.25, -0.2) is 4.98 Å². The van der Waals surface area contributed by atoms with Gasteiger partial charge in [0, 0.05) is 48.7 Å². The first-order valence-corrected chi connectivity index (χ1v) is 11.2. The van der Waals surface area contributed by atoms with Crippen LogP contribution in [0.4, 0.5) is 5.82 Å². The van der Waals surface area contributed by atoms with Crippen LogP contribution in [0.25, 0.3) is 22.2 Å². The zero-order chi connectivity index (χ0) is 21.5. The van der Waals surface area contributed by atoms with Gasteiger partial charge in [0.1, 0.15) is 17.3 Å². The number of pyridine rings is 1. The number of aromatic amines is 1. The molecule has 31 heavy (non-hydrogen) atoms. The Balaban J connectivity index is 1.39. The average Bonchev–Trinajstić information content (AvgIpc) is 3.52. The highest BCUT2D eigenvalue weighted by molar-refractivity contribution is 5.94. The number of hydrogen-bond donors (Lipinski definition) is 1. The number of amides is 1. The smallest absolute Gasteiger partial charge is 0.226 e. The lowest BCUT2D eigenvalue weighted by Gasteiger charge is -2.40. The molecule has 162 valence electrons. The first-order chi connectivity index (χ1) is 15.0. The molecule has 1 aliphatic carbocycles. The molecule has 1 saturated carbocycles. The minimum absolute atomic E-state index is 0.118. The summed E-state index contributed by atoms with van der Waals surface area (Å²) < 4.78 is 5.87. The van der Waals surface area contributed by atoms with Gasteiger partial charge in [0.05, 0.1) is 11.6 Å². The Morgan fingerprint density at radius 2 is 2.03 bits per heavy atom. The number of aromatic nitrogens is 3. The number of ether oxygens (including phenoxy) is 1. The van der Waals surface area contributed by atoms with E-state index >= 15 is 0 Å². The number of H-pyrrole nitrogens is 1. The number of fused-ring (bicyclic) bond motifs is 1. The highest BCUT2D eigenvalue weighted by Crippen LogP contribution is 2.34. The van der Waals surface area contributed by atoms with Crippen LogP contribution in [0.1, 0.15) is 33.6 Å². The summed E-state index contributed by atoms with van der Waals surface area (Å²) in [7, 11) is 0. The molecule has 1 amide bonds. The molecule has 1 unspecified atom stereocenters. The van der Waals surface area contributed by atoms with E-state index in [9.17, 15) is 4.79 Å². The van der Waals surface area contributed by atoms with E-state index in [0.717, 1.165) is 66.2 Å². The van der Waals surface area contributed by atoms with Crippen molar-refractivity contribution in [3.8, 4) is 17.0 Å². The molecule has 3 aromatic rings. The normalized spacial score (nSPS) is 19.3. The van der Waals surface area contributed by atoms with E-state index in [1.807, 2.05) is 44.3 Å². The molecule has 1 N–H and O–H groups in total. The van der Waals surface area contributed by atoms with Gasteiger partial charge in [-0.3, -0.25) is 9.89 Å². The molecule has 0 radical (unpaired) electrons. The van der Waals surface area contributed by atoms with Gasteiger partial charge < -0.3 is 14.5 Å². The second-order valence-electron chi connectivity index (χ2n) is 8.95. The van der Waals surface area contributed by atoms with Crippen molar-refractivity contribution in [1.82, 2.24) is 20.1 Å². The molecule has 2 aromatic heterocycles. The van der Waals surface area contributed by atoms with E-state index in [2.05, 4.69) is 38.0 Å². The number of anilines is 1. The zero-order valence-electron chi connectivity index (χ0n) is 18.3. The number of carbonyl (C=O) groups is 1. The van der Waals surface area contributed by atoms with E-state index in [-0.39, 0.29) is 18.1 Å². The lowest BCUT2D eigenvalue weighted by Crippen LogP contribution is -2.54. The van der Waals surface area contributed by atoms with Crippen LogP contribution in [-0.4, -0.2) is 57.8 Å². The molecule has 3 heterocycles. The molecule has 2 fully saturated rings. The fourth-order valence-corrected chi connectivity index (χ4v) is 4.36. The lowest BCUT2D eigenvalue weighted by atomic mass is 10.1. The maximum atomic E-state index is 12.5. The maximum Gasteiger partial charge on any atom is 0.226 e. The van der Waals surface area contributed by atoms with Crippen molar-refractivity contribution in [1.29, 1.82) is 0 Å². The average molecular weight is 420 g/mol. The van der Waals surface area contributed by atoms with Crippen LogP contribution in [0.3, 0.4) is 0 Å². The van der Waals surface area contributed by atoms with Crippen LogP contribution in [-0.2, 0) is 4.79 Å². The standard InChI is InChI=1S/C24H29N5O2/c1-15(2)31-19-6-7-21-20(13-19)23(27-26-21)18-8-9-25-22(12-18)28-10-11-29(16(3)14-28)24(30)17-4-5-17/h6-9,12-13,15-17H,4-5,10-11,14H2,1-3H3,(H,26,27). The molecule has 7 heteroatoms. The van der Waals surface area contributed by atoms with Gasteiger partial charge in [-0.2, -0.15) is 5.10 Å². The summed E-state index contributed by atoms with van der Waals surface area (Å²) in [5.41, 5.74) is 2.89. The summed E-state index contributed by atoms with van der Waals surface area (Å²) in [5, 5.41) is 8.72. The number of rotatable bonds is 5. The van der Waals surface area contributed by atoms with Crippen molar-refractivity contribution in [2.75, 3.05) is 24.5 Å². The number of benzene rings is 1. The van der Waals surface area contributed by atoms with Crippen LogP contribution in [0.15, 0.2) is 36.5 Å². The van der Waals surface area contributed by atoms with Crippen LogP contribution >= 0.6 is 0 Å². The summed E-state index contributed by atoms with van der Waals surface area (Å²) in [6, 6.07) is 10.3. The molecule has 1 atom stereocenters. The van der Waals surface area contributed by atoms with Crippen LogP contribution in [0.2, 0.25) is 0 Å². The predicted octanol–water partition coefficient (Wildman–Crippen LogP) is 3.86. The number of piperazine rings is 1. The Hall–Kier alpha value is -3.09. The van der Waals surface area contributed by atoms with Gasteiger partial charge in [0.15, 0.2) is 0 Å². The van der Waals surface area contributed by atoms with Crippen LogP contribution < -0.4 is 9.64 Å². The Labute approximate surface area is 182 Å². The summed E-state index contributed by atoms with van der Waals surface area (Å²) in [6.07, 6.45) is 4.06. The largest absolute Gasteiger partial charge is 0.491 e. The van der Waals surface area contributed by atoms with Gasteiger partial charge in [-0.1, -0.05) is 0 Å². The van der Waals surface area contributed by atoms with Gasteiger partial charge in [-0.05, 0) is 63.9 Å². The quantitative estimate of drug-likeness (QED) is 0.680.